The standard InChI is InChI=1S/C17H23NO5/c19-15(16(20)18-9-11-23-12-10-18)14(17(21)22)8-4-7-13-5-2-1-3-6-13/h1-3,5-6,14-15,19H,4,7-12H2,(H,21,22)/t14-,15+/m0/s1. The number of carbonyl (C=O) groups excluding carboxylic acids is 1. The molecule has 126 valence electrons. The van der Waals surface area contributed by atoms with Crippen molar-refractivity contribution in [1.29, 1.82) is 0 Å². The molecule has 1 aliphatic rings. The fourth-order valence-electron chi connectivity index (χ4n) is 2.73. The van der Waals surface area contributed by atoms with Gasteiger partial charge in [0.25, 0.3) is 5.91 Å². The molecule has 1 saturated heterocycles. The van der Waals surface area contributed by atoms with E-state index in [9.17, 15) is 19.8 Å². The monoisotopic (exact) mass is 321 g/mol. The number of aliphatic hydroxyl groups is 1. The molecule has 0 aliphatic carbocycles. The SMILES string of the molecule is O=C(O)[C@@H](CCCc1ccccc1)[C@@H](O)C(=O)N1CCOCC1. The zero-order valence-corrected chi connectivity index (χ0v) is 13.1. The molecule has 23 heavy (non-hydrogen) atoms. The third-order valence-electron chi connectivity index (χ3n) is 4.10. The van der Waals surface area contributed by atoms with Gasteiger partial charge in [0.05, 0.1) is 19.1 Å². The van der Waals surface area contributed by atoms with Gasteiger partial charge in [-0.25, -0.2) is 0 Å². The van der Waals surface area contributed by atoms with Gasteiger partial charge in [0.1, 0.15) is 6.10 Å². The lowest BCUT2D eigenvalue weighted by atomic mass is 9.93. The van der Waals surface area contributed by atoms with E-state index < -0.39 is 23.9 Å². The summed E-state index contributed by atoms with van der Waals surface area (Å²) in [5.74, 6) is -2.72. The van der Waals surface area contributed by atoms with Gasteiger partial charge in [-0.15, -0.1) is 0 Å². The molecule has 1 fully saturated rings. The molecular weight excluding hydrogens is 298 g/mol. The number of benzene rings is 1. The highest BCUT2D eigenvalue weighted by Gasteiger charge is 2.34. The number of carbonyl (C=O) groups is 2. The van der Waals surface area contributed by atoms with E-state index in [2.05, 4.69) is 0 Å². The van der Waals surface area contributed by atoms with Crippen LogP contribution in [0.15, 0.2) is 30.3 Å². The first kappa shape index (κ1) is 17.4. The molecule has 2 atom stereocenters. The minimum Gasteiger partial charge on any atom is -0.481 e. The normalized spacial score (nSPS) is 17.5. The van der Waals surface area contributed by atoms with Crippen molar-refractivity contribution >= 4 is 11.9 Å². The van der Waals surface area contributed by atoms with Crippen LogP contribution in [0.5, 0.6) is 0 Å². The first-order valence-corrected chi connectivity index (χ1v) is 7.91. The summed E-state index contributed by atoms with van der Waals surface area (Å²) >= 11 is 0. The average molecular weight is 321 g/mol. The molecule has 1 amide bonds. The van der Waals surface area contributed by atoms with E-state index in [0.29, 0.717) is 32.7 Å². The van der Waals surface area contributed by atoms with Crippen molar-refractivity contribution in [3.05, 3.63) is 35.9 Å². The molecule has 0 aromatic heterocycles. The van der Waals surface area contributed by atoms with Crippen LogP contribution in [0.4, 0.5) is 0 Å². The third kappa shape index (κ3) is 5.04. The van der Waals surface area contributed by atoms with Crippen molar-refractivity contribution in [2.45, 2.75) is 25.4 Å². The van der Waals surface area contributed by atoms with Crippen LogP contribution < -0.4 is 0 Å². The number of hydrogen-bond acceptors (Lipinski definition) is 4. The lowest BCUT2D eigenvalue weighted by molar-refractivity contribution is -0.157. The molecule has 1 aromatic rings. The molecule has 1 aliphatic heterocycles. The molecule has 6 nitrogen and oxygen atoms in total. The number of ether oxygens (including phenoxy) is 1. The van der Waals surface area contributed by atoms with Crippen molar-refractivity contribution in [1.82, 2.24) is 4.90 Å². The van der Waals surface area contributed by atoms with Crippen molar-refractivity contribution < 1.29 is 24.5 Å². The average Bonchev–Trinajstić information content (AvgIpc) is 2.59. The van der Waals surface area contributed by atoms with E-state index in [1.807, 2.05) is 30.3 Å². The Morgan fingerprint density at radius 1 is 1.17 bits per heavy atom. The van der Waals surface area contributed by atoms with Gasteiger partial charge in [-0.05, 0) is 24.8 Å². The fraction of sp³-hybridized carbons (Fsp3) is 0.529. The highest BCUT2D eigenvalue weighted by molar-refractivity contribution is 5.86. The zero-order chi connectivity index (χ0) is 16.7. The van der Waals surface area contributed by atoms with E-state index in [4.69, 9.17) is 4.74 Å². The molecule has 1 aromatic carbocycles. The summed E-state index contributed by atoms with van der Waals surface area (Å²) in [6.07, 6.45) is 0.0975. The van der Waals surface area contributed by atoms with E-state index >= 15 is 0 Å². The summed E-state index contributed by atoms with van der Waals surface area (Å²) < 4.78 is 5.16. The Balaban J connectivity index is 1.89. The molecule has 2 rings (SSSR count). The summed E-state index contributed by atoms with van der Waals surface area (Å²) in [5, 5.41) is 19.5. The quantitative estimate of drug-likeness (QED) is 0.780. The van der Waals surface area contributed by atoms with Crippen LogP contribution in [-0.2, 0) is 20.7 Å². The zero-order valence-electron chi connectivity index (χ0n) is 13.1. The van der Waals surface area contributed by atoms with Crippen LogP contribution in [0, 0.1) is 5.92 Å². The number of aryl methyl sites for hydroxylation is 1. The van der Waals surface area contributed by atoms with Crippen LogP contribution >= 0.6 is 0 Å². The van der Waals surface area contributed by atoms with E-state index in [0.717, 1.165) is 12.0 Å². The van der Waals surface area contributed by atoms with Gasteiger partial charge in [0.2, 0.25) is 0 Å². The Morgan fingerprint density at radius 3 is 2.43 bits per heavy atom. The van der Waals surface area contributed by atoms with Gasteiger partial charge in [-0.2, -0.15) is 0 Å². The molecular formula is C17H23NO5. The van der Waals surface area contributed by atoms with Crippen LogP contribution in [0.1, 0.15) is 18.4 Å². The van der Waals surface area contributed by atoms with Crippen LogP contribution in [-0.4, -0.2) is 59.4 Å². The van der Waals surface area contributed by atoms with E-state index in [1.54, 1.807) is 0 Å². The van der Waals surface area contributed by atoms with Gasteiger partial charge in [0, 0.05) is 13.1 Å². The van der Waals surface area contributed by atoms with Crippen molar-refractivity contribution in [3.63, 3.8) is 0 Å². The number of amides is 1. The van der Waals surface area contributed by atoms with Gasteiger partial charge in [-0.1, -0.05) is 30.3 Å². The number of carboxylic acid groups (broad SMARTS) is 1. The smallest absolute Gasteiger partial charge is 0.309 e. The Kier molecular flexibility index (Phi) is 6.55. The minimum absolute atomic E-state index is 0.265. The topological polar surface area (TPSA) is 87.1 Å². The molecule has 2 N–H and O–H groups in total. The van der Waals surface area contributed by atoms with E-state index in [1.165, 1.54) is 4.90 Å². The molecule has 1 heterocycles. The number of nitrogens with zero attached hydrogens (tertiary/aromatic N) is 1. The number of hydrogen-bond donors (Lipinski definition) is 2. The number of aliphatic hydroxyl groups excluding tert-OH is 1. The first-order valence-electron chi connectivity index (χ1n) is 7.91. The number of morpholine rings is 1. The lowest BCUT2D eigenvalue weighted by Crippen LogP contribution is -2.49. The first-order chi connectivity index (χ1) is 11.1. The maximum atomic E-state index is 12.2. The predicted molar refractivity (Wildman–Crippen MR) is 83.9 cm³/mol. The van der Waals surface area contributed by atoms with Gasteiger partial charge in [-0.3, -0.25) is 9.59 Å². The minimum atomic E-state index is -1.50. The number of carboxylic acids is 1. The summed E-state index contributed by atoms with van der Waals surface area (Å²) in [7, 11) is 0. The third-order valence-corrected chi connectivity index (χ3v) is 4.10. The highest BCUT2D eigenvalue weighted by atomic mass is 16.5. The predicted octanol–water partition coefficient (Wildman–Crippen LogP) is 0.930. The van der Waals surface area contributed by atoms with Crippen LogP contribution in [0.3, 0.4) is 0 Å². The Bertz CT molecular complexity index is 513. The van der Waals surface area contributed by atoms with Gasteiger partial charge < -0.3 is 19.8 Å². The molecule has 0 bridgehead atoms. The number of aliphatic carboxylic acids is 1. The summed E-state index contributed by atoms with van der Waals surface area (Å²) in [5.41, 5.74) is 1.12. The Morgan fingerprint density at radius 2 is 1.83 bits per heavy atom. The molecule has 6 heteroatoms. The summed E-state index contributed by atoms with van der Waals surface area (Å²) in [6, 6.07) is 9.74. The Labute approximate surface area is 135 Å². The highest BCUT2D eigenvalue weighted by Crippen LogP contribution is 2.17. The van der Waals surface area contributed by atoms with Gasteiger partial charge in [0.15, 0.2) is 0 Å². The van der Waals surface area contributed by atoms with Gasteiger partial charge >= 0.3 is 5.97 Å². The van der Waals surface area contributed by atoms with Crippen LogP contribution in [0.25, 0.3) is 0 Å². The van der Waals surface area contributed by atoms with Crippen molar-refractivity contribution in [2.75, 3.05) is 26.3 Å². The van der Waals surface area contributed by atoms with E-state index in [-0.39, 0.29) is 6.42 Å². The van der Waals surface area contributed by atoms with Crippen LogP contribution in [0.2, 0.25) is 0 Å². The van der Waals surface area contributed by atoms with Crippen molar-refractivity contribution in [3.8, 4) is 0 Å². The second-order valence-corrected chi connectivity index (χ2v) is 5.71. The maximum absolute atomic E-state index is 12.2. The second-order valence-electron chi connectivity index (χ2n) is 5.71. The Hall–Kier alpha value is -1.92. The number of rotatable bonds is 7. The largest absolute Gasteiger partial charge is 0.481 e. The van der Waals surface area contributed by atoms with Crippen molar-refractivity contribution in [2.24, 2.45) is 5.92 Å². The lowest BCUT2D eigenvalue weighted by Gasteiger charge is -2.30. The fourth-order valence-corrected chi connectivity index (χ4v) is 2.73. The molecule has 0 unspecified atom stereocenters. The molecule has 0 saturated carbocycles. The molecule has 0 radical (unpaired) electrons. The molecule has 0 spiro atoms. The maximum Gasteiger partial charge on any atom is 0.309 e. The second kappa shape index (κ2) is 8.64. The summed E-state index contributed by atoms with van der Waals surface area (Å²) in [6.45, 7) is 1.63. The summed E-state index contributed by atoms with van der Waals surface area (Å²) in [4.78, 5) is 25.1.